The number of benzene rings is 1. The first-order valence-electron chi connectivity index (χ1n) is 13.8. The van der Waals surface area contributed by atoms with E-state index in [1.54, 1.807) is 12.4 Å². The number of anilines is 2. The molecule has 6 nitrogen and oxygen atoms in total. The third kappa shape index (κ3) is 7.72. The molecule has 1 unspecified atom stereocenters. The number of nitrogens with zero attached hydrogens (tertiary/aromatic N) is 4. The number of carbonyl (C=O) groups excluding carboxylic acids is 1. The zero-order chi connectivity index (χ0) is 30.2. The second kappa shape index (κ2) is 11.5. The molecule has 41 heavy (non-hydrogen) atoms. The molecular formula is C31H38F3N5OS. The molecule has 0 saturated heterocycles. The summed E-state index contributed by atoms with van der Waals surface area (Å²) in [4.78, 5) is 27.0. The third-order valence-electron chi connectivity index (χ3n) is 6.88. The van der Waals surface area contributed by atoms with Crippen molar-refractivity contribution in [1.82, 2.24) is 19.4 Å². The molecule has 10 heteroatoms. The highest BCUT2D eigenvalue weighted by Gasteiger charge is 2.30. The number of fused-ring (bicyclic) bond motifs is 1. The van der Waals surface area contributed by atoms with Gasteiger partial charge in [0.2, 0.25) is 0 Å². The van der Waals surface area contributed by atoms with Crippen molar-refractivity contribution >= 4 is 33.5 Å². The van der Waals surface area contributed by atoms with Gasteiger partial charge in [-0.05, 0) is 54.4 Å². The summed E-state index contributed by atoms with van der Waals surface area (Å²) in [6.45, 7) is 15.3. The van der Waals surface area contributed by atoms with Crippen molar-refractivity contribution in [2.45, 2.75) is 86.2 Å². The number of carbonyl (C=O) groups is 1. The first kappa shape index (κ1) is 30.7. The number of Topliss-reactive ketones (excluding diaryl/α,β-unsaturated/α-hetero) is 1. The molecule has 3 heterocycles. The van der Waals surface area contributed by atoms with E-state index in [1.165, 1.54) is 23.5 Å². The lowest BCUT2D eigenvalue weighted by Crippen LogP contribution is -2.24. The first-order chi connectivity index (χ1) is 19.0. The Morgan fingerprint density at radius 2 is 1.73 bits per heavy atom. The number of halogens is 3. The molecule has 0 spiro atoms. The summed E-state index contributed by atoms with van der Waals surface area (Å²) < 4.78 is 40.5. The van der Waals surface area contributed by atoms with Crippen LogP contribution in [-0.4, -0.2) is 25.1 Å². The maximum absolute atomic E-state index is 13.3. The lowest BCUT2D eigenvalue weighted by atomic mass is 9.73. The van der Waals surface area contributed by atoms with E-state index in [1.807, 2.05) is 17.5 Å². The molecule has 0 saturated carbocycles. The minimum Gasteiger partial charge on any atom is -0.346 e. The minimum absolute atomic E-state index is 0.0526. The Morgan fingerprint density at radius 1 is 1.05 bits per heavy atom. The Morgan fingerprint density at radius 3 is 2.34 bits per heavy atom. The van der Waals surface area contributed by atoms with Crippen molar-refractivity contribution in [1.29, 1.82) is 0 Å². The van der Waals surface area contributed by atoms with Gasteiger partial charge in [-0.2, -0.15) is 13.2 Å². The molecule has 1 N–H and O–H groups in total. The fourth-order valence-electron chi connectivity index (χ4n) is 5.55. The predicted molar refractivity (Wildman–Crippen MR) is 158 cm³/mol. The molecule has 0 aliphatic heterocycles. The van der Waals surface area contributed by atoms with Gasteiger partial charge in [0, 0.05) is 29.9 Å². The van der Waals surface area contributed by atoms with Gasteiger partial charge in [-0.1, -0.05) is 48.5 Å². The van der Waals surface area contributed by atoms with E-state index in [0.29, 0.717) is 16.4 Å². The van der Waals surface area contributed by atoms with E-state index in [2.05, 4.69) is 56.8 Å². The summed E-state index contributed by atoms with van der Waals surface area (Å²) in [5.41, 5.74) is 3.36. The van der Waals surface area contributed by atoms with Crippen molar-refractivity contribution < 1.29 is 18.0 Å². The number of hydrogen-bond acceptors (Lipinski definition) is 6. The molecule has 1 atom stereocenters. The fraction of sp³-hybridized carbons (Fsp3) is 0.484. The molecule has 3 aromatic heterocycles. The van der Waals surface area contributed by atoms with Crippen LogP contribution in [0.3, 0.4) is 0 Å². The van der Waals surface area contributed by atoms with Crippen LogP contribution in [0.2, 0.25) is 0 Å². The highest BCUT2D eigenvalue weighted by Crippen LogP contribution is 2.37. The normalized spacial score (nSPS) is 13.5. The van der Waals surface area contributed by atoms with Crippen LogP contribution in [-0.2, 0) is 19.0 Å². The lowest BCUT2D eigenvalue weighted by Gasteiger charge is -2.32. The number of hydrogen-bond donors (Lipinski definition) is 1. The van der Waals surface area contributed by atoms with Gasteiger partial charge in [0.15, 0.2) is 11.4 Å². The van der Waals surface area contributed by atoms with Crippen molar-refractivity contribution in [2.75, 3.05) is 5.32 Å². The highest BCUT2D eigenvalue weighted by molar-refractivity contribution is 7.15. The number of imidazole rings is 1. The van der Waals surface area contributed by atoms with E-state index in [9.17, 15) is 18.0 Å². The minimum atomic E-state index is -4.38. The Labute approximate surface area is 243 Å². The van der Waals surface area contributed by atoms with Gasteiger partial charge >= 0.3 is 6.18 Å². The predicted octanol–water partition coefficient (Wildman–Crippen LogP) is 8.89. The second-order valence-electron chi connectivity index (χ2n) is 12.7. The zero-order valence-corrected chi connectivity index (χ0v) is 25.5. The molecule has 1 aromatic carbocycles. The zero-order valence-electron chi connectivity index (χ0n) is 24.7. The topological polar surface area (TPSA) is 72.2 Å². The van der Waals surface area contributed by atoms with Crippen LogP contribution in [0.25, 0.3) is 5.65 Å². The number of alkyl halides is 3. The monoisotopic (exact) mass is 585 g/mol. The van der Waals surface area contributed by atoms with E-state index >= 15 is 0 Å². The van der Waals surface area contributed by atoms with Gasteiger partial charge in [0.25, 0.3) is 0 Å². The van der Waals surface area contributed by atoms with Gasteiger partial charge in [-0.3, -0.25) is 4.79 Å². The number of ketones is 1. The average molecular weight is 586 g/mol. The summed E-state index contributed by atoms with van der Waals surface area (Å²) >= 11 is 1.37. The summed E-state index contributed by atoms with van der Waals surface area (Å²) in [6, 6.07) is 4.84. The molecule has 0 fully saturated rings. The molecule has 0 amide bonds. The van der Waals surface area contributed by atoms with E-state index in [0.717, 1.165) is 53.4 Å². The maximum atomic E-state index is 13.3. The van der Waals surface area contributed by atoms with Gasteiger partial charge in [0.1, 0.15) is 10.7 Å². The van der Waals surface area contributed by atoms with Crippen LogP contribution in [0.4, 0.5) is 23.9 Å². The van der Waals surface area contributed by atoms with Crippen molar-refractivity contribution in [2.24, 2.45) is 10.8 Å². The summed E-state index contributed by atoms with van der Waals surface area (Å²) in [5.74, 6) is -0.245. The molecule has 0 aliphatic carbocycles. The summed E-state index contributed by atoms with van der Waals surface area (Å²) in [6.07, 6.45) is 3.67. The molecule has 0 radical (unpaired) electrons. The Kier molecular flexibility index (Phi) is 8.64. The van der Waals surface area contributed by atoms with Crippen LogP contribution in [0.15, 0.2) is 42.9 Å². The molecule has 4 rings (SSSR count). The Hall–Kier alpha value is -3.27. The number of rotatable bonds is 10. The van der Waals surface area contributed by atoms with Crippen LogP contribution in [0.5, 0.6) is 0 Å². The van der Waals surface area contributed by atoms with E-state index in [4.69, 9.17) is 4.98 Å². The lowest BCUT2D eigenvalue weighted by molar-refractivity contribution is -0.137. The average Bonchev–Trinajstić information content (AvgIpc) is 3.46. The van der Waals surface area contributed by atoms with Crippen molar-refractivity contribution in [3.05, 3.63) is 70.5 Å². The quantitative estimate of drug-likeness (QED) is 0.188. The Balaban J connectivity index is 1.48. The van der Waals surface area contributed by atoms with Crippen molar-refractivity contribution in [3.63, 3.8) is 0 Å². The largest absolute Gasteiger partial charge is 0.416 e. The maximum Gasteiger partial charge on any atom is 0.416 e. The Bertz CT molecular complexity index is 1510. The van der Waals surface area contributed by atoms with Gasteiger partial charge in [-0.25, -0.2) is 15.0 Å². The molecule has 0 bridgehead atoms. The molecular weight excluding hydrogens is 547 g/mol. The number of aryl methyl sites for hydroxylation is 1. The SMILES string of the molecule is CCc1nc2cnc(C(=O)CC(C)c3ncc(Nc4ccc(C(F)(F)F)cc4)s3)cn2c1CC(C)(C)CC(C)(C)C. The van der Waals surface area contributed by atoms with Crippen molar-refractivity contribution in [3.8, 4) is 0 Å². The van der Waals surface area contributed by atoms with E-state index < -0.39 is 11.7 Å². The van der Waals surface area contributed by atoms with Crippen LogP contribution in [0.1, 0.15) is 99.7 Å². The number of nitrogens with one attached hydrogen (secondary N) is 1. The molecule has 0 aliphatic rings. The first-order valence-corrected chi connectivity index (χ1v) is 14.7. The summed E-state index contributed by atoms with van der Waals surface area (Å²) in [7, 11) is 0. The van der Waals surface area contributed by atoms with Crippen LogP contribution >= 0.6 is 11.3 Å². The molecule has 220 valence electrons. The fourth-order valence-corrected chi connectivity index (χ4v) is 6.44. The van der Waals surface area contributed by atoms with Crippen LogP contribution < -0.4 is 5.32 Å². The van der Waals surface area contributed by atoms with E-state index in [-0.39, 0.29) is 29.0 Å². The highest BCUT2D eigenvalue weighted by atomic mass is 32.1. The smallest absolute Gasteiger partial charge is 0.346 e. The number of thiazole rings is 1. The molecule has 4 aromatic rings. The standard InChI is InChI=1S/C31H38F3N5OS/c1-8-22-24(14-30(6,7)18-29(3,4)5)39-17-23(35-15-26(39)38-22)25(40)13-19(2)28-36-16-27(41-28)37-21-11-9-20(10-12-21)31(32,33)34/h9-12,15-17,19,37H,8,13-14,18H2,1-7H3. The third-order valence-corrected chi connectivity index (χ3v) is 8.03. The second-order valence-corrected chi connectivity index (χ2v) is 13.8. The van der Waals surface area contributed by atoms with Gasteiger partial charge in [0.05, 0.1) is 28.7 Å². The van der Waals surface area contributed by atoms with Gasteiger partial charge < -0.3 is 9.72 Å². The van der Waals surface area contributed by atoms with Crippen LogP contribution in [0, 0.1) is 10.8 Å². The summed E-state index contributed by atoms with van der Waals surface area (Å²) in [5, 5.41) is 4.54. The van der Waals surface area contributed by atoms with Gasteiger partial charge in [-0.15, -0.1) is 11.3 Å². The number of aromatic nitrogens is 4.